The highest BCUT2D eigenvalue weighted by Gasteiger charge is 2.50. The first kappa shape index (κ1) is 24.1. The third kappa shape index (κ3) is 4.39. The number of carbonyl (C=O) groups excluding carboxylic acids is 2. The topological polar surface area (TPSA) is 49.4 Å². The number of hydrogen-bond acceptors (Lipinski definition) is 3. The van der Waals surface area contributed by atoms with Crippen LogP contribution in [-0.4, -0.2) is 17.9 Å². The van der Waals surface area contributed by atoms with Crippen LogP contribution in [-0.2, 0) is 9.59 Å². The van der Waals surface area contributed by atoms with Gasteiger partial charge in [-0.15, -0.1) is 0 Å². The summed E-state index contributed by atoms with van der Waals surface area (Å²) in [5.41, 5.74) is 3.41. The number of fused-ring (bicyclic) bond motifs is 1. The summed E-state index contributed by atoms with van der Waals surface area (Å²) in [6, 6.07) is 19.2. The number of ketones is 1. The lowest BCUT2D eigenvalue weighted by Crippen LogP contribution is -2.45. The van der Waals surface area contributed by atoms with Crippen LogP contribution in [0.3, 0.4) is 0 Å². The number of nitrogens with zero attached hydrogens (tertiary/aromatic N) is 1. The normalized spacial score (nSPS) is 19.8. The van der Waals surface area contributed by atoms with Gasteiger partial charge < -0.3 is 5.32 Å². The predicted octanol–water partition coefficient (Wildman–Crippen LogP) is 7.11. The Morgan fingerprint density at radius 1 is 0.972 bits per heavy atom. The summed E-state index contributed by atoms with van der Waals surface area (Å²) in [6.45, 7) is 1.97. The lowest BCUT2D eigenvalue weighted by Gasteiger charge is -2.35. The van der Waals surface area contributed by atoms with E-state index in [0.717, 1.165) is 11.1 Å². The molecule has 5 rings (SSSR count). The van der Waals surface area contributed by atoms with Gasteiger partial charge in [-0.05, 0) is 54.7 Å². The molecule has 0 saturated heterocycles. The molecule has 184 valence electrons. The van der Waals surface area contributed by atoms with Crippen LogP contribution < -0.4 is 10.2 Å². The highest BCUT2D eigenvalue weighted by Crippen LogP contribution is 2.48. The number of hydrogen-bond donors (Lipinski definition) is 1. The number of alkyl halides is 3. The fourth-order valence-electron chi connectivity index (χ4n) is 5.02. The largest absolute Gasteiger partial charge is 0.471 e. The Labute approximate surface area is 211 Å². The second-order valence-corrected chi connectivity index (χ2v) is 9.54. The molecular formula is C28H22ClF3N2O2. The van der Waals surface area contributed by atoms with Gasteiger partial charge in [0.15, 0.2) is 5.78 Å². The number of anilines is 2. The Balaban J connectivity index is 1.73. The highest BCUT2D eigenvalue weighted by atomic mass is 35.5. The third-order valence-electron chi connectivity index (χ3n) is 6.66. The van der Waals surface area contributed by atoms with Gasteiger partial charge in [0.1, 0.15) is 0 Å². The molecule has 8 heteroatoms. The molecule has 0 radical (unpaired) electrons. The molecular weight excluding hydrogens is 489 g/mol. The van der Waals surface area contributed by atoms with Crippen LogP contribution in [0.5, 0.6) is 0 Å². The second-order valence-electron chi connectivity index (χ2n) is 9.10. The van der Waals surface area contributed by atoms with E-state index in [2.05, 4.69) is 5.32 Å². The van der Waals surface area contributed by atoms with Gasteiger partial charge in [0.25, 0.3) is 0 Å². The monoisotopic (exact) mass is 510 g/mol. The molecule has 0 aromatic heterocycles. The van der Waals surface area contributed by atoms with E-state index < -0.39 is 18.1 Å². The van der Waals surface area contributed by atoms with Crippen LogP contribution in [0.25, 0.3) is 0 Å². The molecule has 3 aromatic carbocycles. The van der Waals surface area contributed by atoms with Crippen molar-refractivity contribution in [2.45, 2.75) is 37.9 Å². The van der Waals surface area contributed by atoms with Crippen LogP contribution >= 0.6 is 11.6 Å². The molecule has 0 unspecified atom stereocenters. The molecule has 0 bridgehead atoms. The van der Waals surface area contributed by atoms with Crippen molar-refractivity contribution >= 4 is 34.7 Å². The average molecular weight is 511 g/mol. The maximum absolute atomic E-state index is 13.9. The van der Waals surface area contributed by atoms with Gasteiger partial charge in [0, 0.05) is 22.7 Å². The fraction of sp³-hybridized carbons (Fsp3) is 0.214. The van der Waals surface area contributed by atoms with Gasteiger partial charge in [-0.2, -0.15) is 13.2 Å². The summed E-state index contributed by atoms with van der Waals surface area (Å²) in [4.78, 5) is 27.3. The van der Waals surface area contributed by atoms with Gasteiger partial charge in [-0.25, -0.2) is 0 Å². The second kappa shape index (κ2) is 9.13. The maximum atomic E-state index is 13.9. The third-order valence-corrected chi connectivity index (χ3v) is 6.90. The summed E-state index contributed by atoms with van der Waals surface area (Å²) < 4.78 is 41.8. The number of rotatable bonds is 2. The zero-order valence-corrected chi connectivity index (χ0v) is 20.0. The number of aryl methyl sites for hydroxylation is 1. The van der Waals surface area contributed by atoms with Crippen molar-refractivity contribution in [1.82, 2.24) is 0 Å². The average Bonchev–Trinajstić information content (AvgIpc) is 2.98. The summed E-state index contributed by atoms with van der Waals surface area (Å²) in [5.74, 6) is -2.52. The number of para-hydroxylation sites is 2. The number of allylic oxidation sites excluding steroid dienone is 1. The van der Waals surface area contributed by atoms with Gasteiger partial charge >= 0.3 is 12.1 Å². The molecule has 1 N–H and O–H groups in total. The van der Waals surface area contributed by atoms with Gasteiger partial charge in [-0.1, -0.05) is 65.7 Å². The molecule has 0 spiro atoms. The lowest BCUT2D eigenvalue weighted by atomic mass is 9.78. The lowest BCUT2D eigenvalue weighted by molar-refractivity contribution is -0.170. The highest BCUT2D eigenvalue weighted by molar-refractivity contribution is 6.30. The molecule has 2 aliphatic rings. The molecule has 1 aliphatic heterocycles. The molecule has 0 saturated carbocycles. The molecule has 3 aromatic rings. The van der Waals surface area contributed by atoms with E-state index >= 15 is 0 Å². The molecule has 4 nitrogen and oxygen atoms in total. The first-order valence-electron chi connectivity index (χ1n) is 11.5. The SMILES string of the molecule is Cc1ccc([C@@H]2CC(=O)C3=C(C2)Nc2ccccc2N(C(=O)C(F)(F)F)[C@@H]3c2cccc(Cl)c2)cc1. The molecule has 1 aliphatic carbocycles. The molecule has 1 amide bonds. The van der Waals surface area contributed by atoms with Gasteiger partial charge in [-0.3, -0.25) is 14.5 Å². The summed E-state index contributed by atoms with van der Waals surface area (Å²) in [6.07, 6.45) is -4.63. The zero-order valence-electron chi connectivity index (χ0n) is 19.3. The van der Waals surface area contributed by atoms with E-state index in [1.54, 1.807) is 36.4 Å². The van der Waals surface area contributed by atoms with Crippen LogP contribution in [0, 0.1) is 6.92 Å². The van der Waals surface area contributed by atoms with Crippen LogP contribution in [0.2, 0.25) is 5.02 Å². The van der Waals surface area contributed by atoms with E-state index in [-0.39, 0.29) is 29.4 Å². The first-order valence-corrected chi connectivity index (χ1v) is 11.9. The minimum Gasteiger partial charge on any atom is -0.357 e. The standard InChI is InChI=1S/C28H22ClF3N2O2/c1-16-9-11-17(12-10-16)19-14-22-25(24(35)15-19)26(18-5-4-6-20(29)13-18)34(27(36)28(30,31)32)23-8-3-2-7-21(23)33-22/h2-13,19,26,33H,14-15H2,1H3/t19-,26+/m0/s1. The van der Waals surface area contributed by atoms with E-state index in [9.17, 15) is 22.8 Å². The molecule has 0 fully saturated rings. The first-order chi connectivity index (χ1) is 17.1. The van der Waals surface area contributed by atoms with Crippen molar-refractivity contribution in [2.24, 2.45) is 0 Å². The Kier molecular flexibility index (Phi) is 6.12. The number of Topliss-reactive ketones (excluding diaryl/α,β-unsaturated/α-hetero) is 1. The van der Waals surface area contributed by atoms with E-state index in [1.807, 2.05) is 31.2 Å². The summed E-state index contributed by atoms with van der Waals surface area (Å²) in [7, 11) is 0. The van der Waals surface area contributed by atoms with Crippen molar-refractivity contribution in [3.63, 3.8) is 0 Å². The quantitative estimate of drug-likeness (QED) is 0.399. The smallest absolute Gasteiger partial charge is 0.357 e. The van der Waals surface area contributed by atoms with E-state index in [0.29, 0.717) is 33.3 Å². The number of carbonyl (C=O) groups is 2. The van der Waals surface area contributed by atoms with E-state index in [4.69, 9.17) is 11.6 Å². The van der Waals surface area contributed by atoms with Crippen molar-refractivity contribution in [1.29, 1.82) is 0 Å². The Morgan fingerprint density at radius 3 is 2.39 bits per heavy atom. The van der Waals surface area contributed by atoms with Crippen LogP contribution in [0.4, 0.5) is 24.5 Å². The minimum absolute atomic E-state index is 0.0406. The Hall–Kier alpha value is -3.58. The number of nitrogens with one attached hydrogen (secondary N) is 1. The van der Waals surface area contributed by atoms with Gasteiger partial charge in [0.2, 0.25) is 0 Å². The van der Waals surface area contributed by atoms with Crippen molar-refractivity contribution in [3.05, 3.63) is 106 Å². The van der Waals surface area contributed by atoms with Crippen molar-refractivity contribution in [3.8, 4) is 0 Å². The Bertz CT molecular complexity index is 1380. The number of halogens is 4. The molecule has 2 atom stereocenters. The predicted molar refractivity (Wildman–Crippen MR) is 133 cm³/mol. The Morgan fingerprint density at radius 2 is 1.69 bits per heavy atom. The van der Waals surface area contributed by atoms with Crippen LogP contribution in [0.1, 0.15) is 41.5 Å². The van der Waals surface area contributed by atoms with Gasteiger partial charge in [0.05, 0.1) is 17.4 Å². The van der Waals surface area contributed by atoms with Crippen molar-refractivity contribution < 1.29 is 22.8 Å². The summed E-state index contributed by atoms with van der Waals surface area (Å²) in [5, 5.41) is 3.51. The van der Waals surface area contributed by atoms with E-state index in [1.165, 1.54) is 12.1 Å². The molecule has 36 heavy (non-hydrogen) atoms. The number of amides is 1. The summed E-state index contributed by atoms with van der Waals surface area (Å²) >= 11 is 6.21. The zero-order chi connectivity index (χ0) is 25.6. The maximum Gasteiger partial charge on any atom is 0.471 e. The van der Waals surface area contributed by atoms with Crippen LogP contribution in [0.15, 0.2) is 84.1 Å². The van der Waals surface area contributed by atoms with Crippen molar-refractivity contribution in [2.75, 3.05) is 10.2 Å². The molecule has 1 heterocycles. The minimum atomic E-state index is -5.16. The fourth-order valence-corrected chi connectivity index (χ4v) is 5.22. The number of benzene rings is 3.